The van der Waals surface area contributed by atoms with Crippen molar-refractivity contribution in [3.05, 3.63) is 68.7 Å². The van der Waals surface area contributed by atoms with Crippen LogP contribution in [0.1, 0.15) is 57.8 Å². The highest BCUT2D eigenvalue weighted by Gasteiger charge is 2.39. The minimum atomic E-state index is -1.41. The number of hydrogen-bond acceptors (Lipinski definition) is 8. The van der Waals surface area contributed by atoms with Gasteiger partial charge >= 0.3 is 5.69 Å². The molecule has 0 N–H and O–H groups in total. The van der Waals surface area contributed by atoms with Gasteiger partial charge in [-0.2, -0.15) is 0 Å². The molecule has 1 saturated heterocycles. The van der Waals surface area contributed by atoms with Crippen LogP contribution in [0.15, 0.2) is 50.7 Å². The maximum atomic E-state index is 14.4. The second-order valence-corrected chi connectivity index (χ2v) is 12.1. The van der Waals surface area contributed by atoms with E-state index in [0.29, 0.717) is 45.4 Å². The standard InChI is InChI=1S/C30H36N4O6S/c1-18(2)40-22(20-11-7-8-12-21(20)38-6)17-33-27-23(19(3)24(41-27)25-31-13-16-39-25)26(35)34(29(33)37)30(4,5)28(36)32-14-9-10-15-32/h7-8,11-13,16,18,22H,9-10,14-15,17H2,1-6H3/t22-/m0/s1. The number of rotatable bonds is 9. The molecule has 0 spiro atoms. The lowest BCUT2D eigenvalue weighted by Gasteiger charge is -2.31. The molecular formula is C30H36N4O6S. The second kappa shape index (κ2) is 11.3. The van der Waals surface area contributed by atoms with Crippen molar-refractivity contribution in [2.24, 2.45) is 0 Å². The normalized spacial score (nSPS) is 14.8. The van der Waals surface area contributed by atoms with Crippen molar-refractivity contribution >= 4 is 27.5 Å². The molecule has 1 aromatic carbocycles. The van der Waals surface area contributed by atoms with Crippen molar-refractivity contribution < 1.29 is 18.7 Å². The van der Waals surface area contributed by atoms with E-state index in [9.17, 15) is 14.4 Å². The number of aromatic nitrogens is 3. The number of hydrogen-bond donors (Lipinski definition) is 0. The lowest BCUT2D eigenvalue weighted by atomic mass is 10.0. The Morgan fingerprint density at radius 1 is 1.17 bits per heavy atom. The van der Waals surface area contributed by atoms with Crippen LogP contribution >= 0.6 is 11.3 Å². The van der Waals surface area contributed by atoms with Crippen LogP contribution in [-0.4, -0.2) is 51.2 Å². The molecule has 1 aliphatic rings. The van der Waals surface area contributed by atoms with Crippen LogP contribution in [0.2, 0.25) is 0 Å². The average molecular weight is 581 g/mol. The number of likely N-dealkylation sites (tertiary alicyclic amines) is 1. The molecule has 0 saturated carbocycles. The maximum absolute atomic E-state index is 14.4. The first-order valence-corrected chi connectivity index (χ1v) is 14.6. The smallest absolute Gasteiger partial charge is 0.333 e. The lowest BCUT2D eigenvalue weighted by molar-refractivity contribution is -0.138. The van der Waals surface area contributed by atoms with Crippen molar-refractivity contribution in [3.8, 4) is 16.5 Å². The average Bonchev–Trinajstić information content (AvgIpc) is 3.71. The number of carbonyl (C=O) groups excluding carboxylic acids is 1. The van der Waals surface area contributed by atoms with Crippen LogP contribution in [0.25, 0.3) is 21.0 Å². The minimum Gasteiger partial charge on any atom is -0.496 e. The number of carbonyl (C=O) groups is 1. The first kappa shape index (κ1) is 28.8. The first-order chi connectivity index (χ1) is 19.6. The molecule has 41 heavy (non-hydrogen) atoms. The Morgan fingerprint density at radius 3 is 2.51 bits per heavy atom. The third kappa shape index (κ3) is 5.12. The molecule has 0 radical (unpaired) electrons. The predicted molar refractivity (Wildman–Crippen MR) is 158 cm³/mol. The second-order valence-electron chi connectivity index (χ2n) is 11.1. The minimum absolute atomic E-state index is 0.0904. The summed E-state index contributed by atoms with van der Waals surface area (Å²) in [6.45, 7) is 10.3. The van der Waals surface area contributed by atoms with E-state index in [-0.39, 0.29) is 18.6 Å². The van der Waals surface area contributed by atoms with Crippen molar-refractivity contribution in [3.63, 3.8) is 0 Å². The fourth-order valence-corrected chi connectivity index (χ4v) is 6.83. The van der Waals surface area contributed by atoms with Gasteiger partial charge in [0.1, 0.15) is 28.5 Å². The van der Waals surface area contributed by atoms with Gasteiger partial charge in [-0.25, -0.2) is 14.3 Å². The highest BCUT2D eigenvalue weighted by molar-refractivity contribution is 7.22. The molecule has 5 rings (SSSR count). The number of methoxy groups -OCH3 is 1. The number of thiophene rings is 1. The van der Waals surface area contributed by atoms with Gasteiger partial charge in [0.05, 0.1) is 36.2 Å². The van der Waals surface area contributed by atoms with E-state index in [1.807, 2.05) is 45.0 Å². The Bertz CT molecular complexity index is 1680. The van der Waals surface area contributed by atoms with Gasteiger partial charge in [0.2, 0.25) is 11.8 Å². The molecule has 3 aromatic heterocycles. The van der Waals surface area contributed by atoms with Crippen LogP contribution in [0, 0.1) is 6.92 Å². The van der Waals surface area contributed by atoms with E-state index < -0.39 is 22.9 Å². The van der Waals surface area contributed by atoms with Crippen molar-refractivity contribution in [2.75, 3.05) is 20.2 Å². The Labute approximate surface area is 242 Å². The Hall–Kier alpha value is -3.70. The molecule has 10 nitrogen and oxygen atoms in total. The number of ether oxygens (including phenoxy) is 2. The monoisotopic (exact) mass is 580 g/mol. The van der Waals surface area contributed by atoms with Crippen LogP contribution in [0.4, 0.5) is 0 Å². The van der Waals surface area contributed by atoms with Gasteiger partial charge in [0, 0.05) is 18.7 Å². The molecule has 11 heteroatoms. The summed E-state index contributed by atoms with van der Waals surface area (Å²) >= 11 is 1.27. The summed E-state index contributed by atoms with van der Waals surface area (Å²) in [7, 11) is 1.59. The summed E-state index contributed by atoms with van der Waals surface area (Å²) in [6.07, 6.45) is 4.06. The summed E-state index contributed by atoms with van der Waals surface area (Å²) < 4.78 is 20.2. The number of amides is 1. The highest BCUT2D eigenvalue weighted by atomic mass is 32.1. The zero-order chi connectivity index (χ0) is 29.5. The molecule has 0 bridgehead atoms. The maximum Gasteiger partial charge on any atom is 0.333 e. The van der Waals surface area contributed by atoms with Crippen molar-refractivity contribution in [1.82, 2.24) is 19.0 Å². The summed E-state index contributed by atoms with van der Waals surface area (Å²) in [6, 6.07) is 7.51. The zero-order valence-electron chi connectivity index (χ0n) is 24.3. The topological polar surface area (TPSA) is 109 Å². The van der Waals surface area contributed by atoms with E-state index in [1.165, 1.54) is 23.8 Å². The summed E-state index contributed by atoms with van der Waals surface area (Å²) in [5, 5.41) is 0.355. The third-order valence-corrected chi connectivity index (χ3v) is 8.89. The summed E-state index contributed by atoms with van der Waals surface area (Å²) in [5.74, 6) is 0.740. The number of oxazole rings is 1. The van der Waals surface area contributed by atoms with Gasteiger partial charge < -0.3 is 18.8 Å². The lowest BCUT2D eigenvalue weighted by Crippen LogP contribution is -2.56. The largest absolute Gasteiger partial charge is 0.496 e. The molecular weight excluding hydrogens is 544 g/mol. The van der Waals surface area contributed by atoms with Gasteiger partial charge in [0.15, 0.2) is 0 Å². The summed E-state index contributed by atoms with van der Waals surface area (Å²) in [4.78, 5) is 49.5. The zero-order valence-corrected chi connectivity index (χ0v) is 25.1. The van der Waals surface area contributed by atoms with Crippen LogP contribution in [0.5, 0.6) is 5.75 Å². The van der Waals surface area contributed by atoms with Gasteiger partial charge in [-0.1, -0.05) is 18.2 Å². The Morgan fingerprint density at radius 2 is 1.88 bits per heavy atom. The van der Waals surface area contributed by atoms with E-state index in [1.54, 1.807) is 30.4 Å². The van der Waals surface area contributed by atoms with E-state index in [4.69, 9.17) is 13.9 Å². The SMILES string of the molecule is COc1ccccc1[C@H](Cn1c(=O)n(C(C)(C)C(=O)N2CCCC2)c(=O)c2c(C)c(-c3ncco3)sc21)OC(C)C. The van der Waals surface area contributed by atoms with E-state index in [0.717, 1.165) is 23.0 Å². The molecule has 1 amide bonds. The number of para-hydroxylation sites is 1. The Balaban J connectivity index is 1.78. The number of fused-ring (bicyclic) bond motifs is 1. The molecule has 1 fully saturated rings. The highest BCUT2D eigenvalue weighted by Crippen LogP contribution is 2.37. The van der Waals surface area contributed by atoms with Gasteiger partial charge in [0.25, 0.3) is 5.56 Å². The number of benzene rings is 1. The van der Waals surface area contributed by atoms with E-state index in [2.05, 4.69) is 4.98 Å². The molecule has 1 atom stereocenters. The van der Waals surface area contributed by atoms with Crippen molar-refractivity contribution in [1.29, 1.82) is 0 Å². The van der Waals surface area contributed by atoms with Gasteiger partial charge in [-0.3, -0.25) is 14.2 Å². The molecule has 218 valence electrons. The molecule has 4 aromatic rings. The number of aryl methyl sites for hydroxylation is 1. The van der Waals surface area contributed by atoms with Crippen LogP contribution in [-0.2, 0) is 21.6 Å². The van der Waals surface area contributed by atoms with E-state index >= 15 is 0 Å². The fourth-order valence-electron chi connectivity index (χ4n) is 5.58. The van der Waals surface area contributed by atoms with Crippen LogP contribution in [0.3, 0.4) is 0 Å². The van der Waals surface area contributed by atoms with Crippen molar-refractivity contribution in [2.45, 2.75) is 71.8 Å². The number of nitrogens with zero attached hydrogens (tertiary/aromatic N) is 4. The molecule has 0 aliphatic carbocycles. The predicted octanol–water partition coefficient (Wildman–Crippen LogP) is 4.72. The molecule has 0 unspecified atom stereocenters. The molecule has 1 aliphatic heterocycles. The third-order valence-electron chi connectivity index (χ3n) is 7.59. The first-order valence-electron chi connectivity index (χ1n) is 13.8. The van der Waals surface area contributed by atoms with Gasteiger partial charge in [-0.15, -0.1) is 11.3 Å². The molecule has 4 heterocycles. The van der Waals surface area contributed by atoms with Gasteiger partial charge in [-0.05, 0) is 59.1 Å². The summed E-state index contributed by atoms with van der Waals surface area (Å²) in [5.41, 5.74) is -1.08. The quantitative estimate of drug-likeness (QED) is 0.282. The Kier molecular flexibility index (Phi) is 7.93. The van der Waals surface area contributed by atoms with Crippen LogP contribution < -0.4 is 16.0 Å². The fraction of sp³-hybridized carbons (Fsp3) is 0.467.